The minimum absolute atomic E-state index is 0.0829. The highest BCUT2D eigenvalue weighted by Crippen LogP contribution is 2.16. The van der Waals surface area contributed by atoms with Crippen molar-refractivity contribution in [2.45, 2.75) is 19.4 Å². The quantitative estimate of drug-likeness (QED) is 0.657. The first-order valence-electron chi connectivity index (χ1n) is 7.31. The maximum absolute atomic E-state index is 11.8. The van der Waals surface area contributed by atoms with Crippen molar-refractivity contribution in [2.75, 3.05) is 5.32 Å². The van der Waals surface area contributed by atoms with E-state index in [0.717, 1.165) is 10.5 Å². The molecule has 0 bridgehead atoms. The molecule has 0 unspecified atom stereocenters. The molecule has 0 spiro atoms. The molecule has 8 nitrogen and oxygen atoms in total. The third kappa shape index (κ3) is 3.72. The second-order valence-corrected chi connectivity index (χ2v) is 5.11. The van der Waals surface area contributed by atoms with Gasteiger partial charge in [-0.15, -0.1) is 5.10 Å². The van der Waals surface area contributed by atoms with Gasteiger partial charge in [0.15, 0.2) is 0 Å². The molecule has 0 radical (unpaired) electrons. The summed E-state index contributed by atoms with van der Waals surface area (Å²) in [6.45, 7) is -0.0829. The smallest absolute Gasteiger partial charge is 0.322 e. The first-order chi connectivity index (χ1) is 11.6. The first-order valence-corrected chi connectivity index (χ1v) is 7.31. The average molecular weight is 326 g/mol. The van der Waals surface area contributed by atoms with E-state index in [1.165, 1.54) is 6.08 Å². The molecule has 2 heterocycles. The number of hydrogen-bond donors (Lipinski definition) is 1. The highest BCUT2D eigenvalue weighted by molar-refractivity contribution is 6.02. The molecule has 3 amide bonds. The van der Waals surface area contributed by atoms with Crippen LogP contribution in [0.15, 0.2) is 40.8 Å². The van der Waals surface area contributed by atoms with Gasteiger partial charge in [0.25, 0.3) is 5.91 Å². The third-order valence-electron chi connectivity index (χ3n) is 3.37. The van der Waals surface area contributed by atoms with Gasteiger partial charge < -0.3 is 4.42 Å². The van der Waals surface area contributed by atoms with E-state index >= 15 is 0 Å². The fourth-order valence-corrected chi connectivity index (χ4v) is 2.19. The zero-order chi connectivity index (χ0) is 16.9. The van der Waals surface area contributed by atoms with Crippen LogP contribution in [-0.4, -0.2) is 32.8 Å². The van der Waals surface area contributed by atoms with Crippen LogP contribution in [0.1, 0.15) is 24.3 Å². The van der Waals surface area contributed by atoms with Crippen LogP contribution >= 0.6 is 0 Å². The maximum Gasteiger partial charge on any atom is 0.322 e. The molecule has 1 aromatic carbocycles. The Morgan fingerprint density at radius 1 is 1.17 bits per heavy atom. The Kier molecular flexibility index (Phi) is 4.46. The highest BCUT2D eigenvalue weighted by atomic mass is 16.4. The van der Waals surface area contributed by atoms with Crippen molar-refractivity contribution in [2.24, 2.45) is 0 Å². The lowest BCUT2D eigenvalue weighted by Crippen LogP contribution is -2.28. The zero-order valence-electron chi connectivity index (χ0n) is 12.6. The van der Waals surface area contributed by atoms with Crippen molar-refractivity contribution >= 4 is 29.8 Å². The standard InChI is InChI=1S/C16H14N4O4/c21-12(7-6-11-4-2-1-3-5-11)17-16-19-18-13(24-16)10-20-14(22)8-9-15(20)23/h1-7H,8-10H2,(H,17,19,21). The van der Waals surface area contributed by atoms with Gasteiger partial charge in [0.1, 0.15) is 6.54 Å². The summed E-state index contributed by atoms with van der Waals surface area (Å²) in [5.74, 6) is -0.882. The predicted molar refractivity (Wildman–Crippen MR) is 83.2 cm³/mol. The van der Waals surface area contributed by atoms with E-state index in [9.17, 15) is 14.4 Å². The molecule has 1 N–H and O–H groups in total. The van der Waals surface area contributed by atoms with Crippen molar-refractivity contribution in [1.82, 2.24) is 15.1 Å². The van der Waals surface area contributed by atoms with E-state index in [1.54, 1.807) is 6.08 Å². The van der Waals surface area contributed by atoms with E-state index in [0.29, 0.717) is 0 Å². The van der Waals surface area contributed by atoms with Crippen molar-refractivity contribution in [3.63, 3.8) is 0 Å². The Hall–Kier alpha value is -3.29. The van der Waals surface area contributed by atoms with Crippen molar-refractivity contribution < 1.29 is 18.8 Å². The van der Waals surface area contributed by atoms with Crippen LogP contribution in [0.3, 0.4) is 0 Å². The van der Waals surface area contributed by atoms with Crippen LogP contribution in [0.4, 0.5) is 6.01 Å². The number of nitrogens with zero attached hydrogens (tertiary/aromatic N) is 3. The molecule has 3 rings (SSSR count). The van der Waals surface area contributed by atoms with E-state index in [2.05, 4.69) is 15.5 Å². The summed E-state index contributed by atoms with van der Waals surface area (Å²) in [4.78, 5) is 35.9. The second-order valence-electron chi connectivity index (χ2n) is 5.11. The summed E-state index contributed by atoms with van der Waals surface area (Å²) >= 11 is 0. The van der Waals surface area contributed by atoms with Crippen LogP contribution in [0.25, 0.3) is 6.08 Å². The Morgan fingerprint density at radius 3 is 2.58 bits per heavy atom. The monoisotopic (exact) mass is 326 g/mol. The summed E-state index contributed by atoms with van der Waals surface area (Å²) in [5, 5.41) is 9.82. The van der Waals surface area contributed by atoms with E-state index < -0.39 is 5.91 Å². The maximum atomic E-state index is 11.8. The number of amides is 3. The number of carbonyl (C=O) groups is 3. The SMILES string of the molecule is O=C(C=Cc1ccccc1)Nc1nnc(CN2C(=O)CCC2=O)o1. The molecule has 8 heteroatoms. The molecule has 1 saturated heterocycles. The number of rotatable bonds is 5. The number of hydrogen-bond acceptors (Lipinski definition) is 6. The van der Waals surface area contributed by atoms with Gasteiger partial charge in [0.2, 0.25) is 17.7 Å². The van der Waals surface area contributed by atoms with Crippen LogP contribution in [0.5, 0.6) is 0 Å². The lowest BCUT2D eigenvalue weighted by Gasteiger charge is -2.09. The van der Waals surface area contributed by atoms with Gasteiger partial charge in [0.05, 0.1) is 0 Å². The molecule has 1 aromatic heterocycles. The molecule has 2 aromatic rings. The average Bonchev–Trinajstić information content (AvgIpc) is 3.15. The number of benzene rings is 1. The predicted octanol–water partition coefficient (Wildman–Crippen LogP) is 1.37. The lowest BCUT2D eigenvalue weighted by atomic mass is 10.2. The number of aromatic nitrogens is 2. The van der Waals surface area contributed by atoms with Gasteiger partial charge in [-0.05, 0) is 11.6 Å². The fourth-order valence-electron chi connectivity index (χ4n) is 2.19. The first kappa shape index (κ1) is 15.6. The molecular weight excluding hydrogens is 312 g/mol. The minimum Gasteiger partial charge on any atom is -0.406 e. The molecule has 24 heavy (non-hydrogen) atoms. The molecule has 1 aliphatic heterocycles. The largest absolute Gasteiger partial charge is 0.406 e. The Morgan fingerprint density at radius 2 is 1.88 bits per heavy atom. The number of carbonyl (C=O) groups excluding carboxylic acids is 3. The number of anilines is 1. The lowest BCUT2D eigenvalue weighted by molar-refractivity contribution is -0.139. The van der Waals surface area contributed by atoms with Crippen molar-refractivity contribution in [3.8, 4) is 0 Å². The summed E-state index contributed by atoms with van der Waals surface area (Å²) < 4.78 is 5.23. The Bertz CT molecular complexity index is 781. The van der Waals surface area contributed by atoms with E-state index in [-0.39, 0.29) is 43.1 Å². The van der Waals surface area contributed by atoms with Gasteiger partial charge in [-0.3, -0.25) is 24.6 Å². The summed E-state index contributed by atoms with van der Waals surface area (Å²) in [7, 11) is 0. The third-order valence-corrected chi connectivity index (χ3v) is 3.37. The summed E-state index contributed by atoms with van der Waals surface area (Å²) in [5.41, 5.74) is 0.880. The van der Waals surface area contributed by atoms with Gasteiger partial charge in [-0.25, -0.2) is 0 Å². The normalized spacial score (nSPS) is 14.6. The van der Waals surface area contributed by atoms with E-state index in [4.69, 9.17) is 4.42 Å². The molecule has 0 aliphatic carbocycles. The molecule has 122 valence electrons. The topological polar surface area (TPSA) is 105 Å². The van der Waals surface area contributed by atoms with Gasteiger partial charge in [-0.1, -0.05) is 35.4 Å². The second kappa shape index (κ2) is 6.86. The Balaban J connectivity index is 1.57. The molecule has 0 atom stereocenters. The van der Waals surface area contributed by atoms with Crippen LogP contribution in [0, 0.1) is 0 Å². The highest BCUT2D eigenvalue weighted by Gasteiger charge is 2.30. The number of imide groups is 1. The number of nitrogens with one attached hydrogen (secondary N) is 1. The van der Waals surface area contributed by atoms with Gasteiger partial charge in [-0.2, -0.15) is 0 Å². The van der Waals surface area contributed by atoms with Crippen LogP contribution in [0.2, 0.25) is 0 Å². The zero-order valence-corrected chi connectivity index (χ0v) is 12.6. The molecule has 0 saturated carbocycles. The van der Waals surface area contributed by atoms with Gasteiger partial charge in [0, 0.05) is 18.9 Å². The molecule has 1 aliphatic rings. The summed E-state index contributed by atoms with van der Waals surface area (Å²) in [6.07, 6.45) is 3.38. The van der Waals surface area contributed by atoms with E-state index in [1.807, 2.05) is 30.3 Å². The Labute approximate surface area is 137 Å². The molecular formula is C16H14N4O4. The van der Waals surface area contributed by atoms with Crippen molar-refractivity contribution in [3.05, 3.63) is 47.9 Å². The minimum atomic E-state index is -0.428. The number of likely N-dealkylation sites (tertiary alicyclic amines) is 1. The van der Waals surface area contributed by atoms with Gasteiger partial charge >= 0.3 is 6.01 Å². The summed E-state index contributed by atoms with van der Waals surface area (Å²) in [6, 6.07) is 9.24. The fraction of sp³-hybridized carbons (Fsp3) is 0.188. The van der Waals surface area contributed by atoms with Crippen LogP contribution in [-0.2, 0) is 20.9 Å². The van der Waals surface area contributed by atoms with Crippen LogP contribution < -0.4 is 5.32 Å². The molecule has 1 fully saturated rings. The van der Waals surface area contributed by atoms with Crippen molar-refractivity contribution in [1.29, 1.82) is 0 Å².